The van der Waals surface area contributed by atoms with Crippen LogP contribution in [0, 0.1) is 0 Å². The first-order valence-electron chi connectivity index (χ1n) is 10.2. The molecule has 0 aliphatic carbocycles. The largest absolute Gasteiger partial charge is 0.494 e. The lowest BCUT2D eigenvalue weighted by Gasteiger charge is -2.10. The Labute approximate surface area is 149 Å². The van der Waals surface area contributed by atoms with Crippen LogP contribution in [-0.4, -0.2) is 17.8 Å². The van der Waals surface area contributed by atoms with Crippen LogP contribution >= 0.6 is 0 Å². The highest BCUT2D eigenvalue weighted by Crippen LogP contribution is 2.14. The SMILES string of the molecule is CCCCCCCCC(O)CCCCCCCOc1ccccc1. The molecule has 0 heterocycles. The normalized spacial score (nSPS) is 12.2. The molecule has 0 saturated heterocycles. The van der Waals surface area contributed by atoms with Crippen molar-refractivity contribution < 1.29 is 9.84 Å². The molecule has 0 aromatic heterocycles. The minimum atomic E-state index is -0.0717. The second-order valence-corrected chi connectivity index (χ2v) is 6.93. The summed E-state index contributed by atoms with van der Waals surface area (Å²) in [6.07, 6.45) is 15.8. The number of aliphatic hydroxyl groups excluding tert-OH is 1. The lowest BCUT2D eigenvalue weighted by molar-refractivity contribution is 0.147. The Hall–Kier alpha value is -1.02. The predicted octanol–water partition coefficient (Wildman–Crippen LogP) is 6.52. The predicted molar refractivity (Wildman–Crippen MR) is 104 cm³/mol. The number of rotatable bonds is 16. The number of ether oxygens (including phenoxy) is 1. The first-order valence-corrected chi connectivity index (χ1v) is 10.2. The van der Waals surface area contributed by atoms with Crippen LogP contribution in [0.25, 0.3) is 0 Å². The summed E-state index contributed by atoms with van der Waals surface area (Å²) in [7, 11) is 0. The maximum absolute atomic E-state index is 10.00. The van der Waals surface area contributed by atoms with Gasteiger partial charge in [0.1, 0.15) is 5.75 Å². The number of unbranched alkanes of at least 4 members (excludes halogenated alkanes) is 9. The number of hydrogen-bond donors (Lipinski definition) is 1. The molecule has 0 aliphatic heterocycles. The zero-order chi connectivity index (χ0) is 17.3. The summed E-state index contributed by atoms with van der Waals surface area (Å²) in [6.45, 7) is 3.06. The second-order valence-electron chi connectivity index (χ2n) is 6.93. The van der Waals surface area contributed by atoms with E-state index in [2.05, 4.69) is 6.92 Å². The van der Waals surface area contributed by atoms with Crippen LogP contribution in [0.5, 0.6) is 5.75 Å². The van der Waals surface area contributed by atoms with Crippen LogP contribution in [0.15, 0.2) is 30.3 Å². The molecule has 1 atom stereocenters. The number of aliphatic hydroxyl groups is 1. The van der Waals surface area contributed by atoms with Crippen LogP contribution < -0.4 is 4.74 Å². The third-order valence-electron chi connectivity index (χ3n) is 4.58. The van der Waals surface area contributed by atoms with Crippen molar-refractivity contribution in [2.24, 2.45) is 0 Å². The Morgan fingerprint density at radius 3 is 1.92 bits per heavy atom. The van der Waals surface area contributed by atoms with Crippen LogP contribution in [0.3, 0.4) is 0 Å². The molecule has 0 amide bonds. The molecule has 0 radical (unpaired) electrons. The van der Waals surface area contributed by atoms with E-state index in [9.17, 15) is 5.11 Å². The van der Waals surface area contributed by atoms with Gasteiger partial charge in [0.2, 0.25) is 0 Å². The van der Waals surface area contributed by atoms with E-state index in [-0.39, 0.29) is 6.10 Å². The summed E-state index contributed by atoms with van der Waals surface area (Å²) >= 11 is 0. The molecular weight excluding hydrogens is 296 g/mol. The Bertz CT molecular complexity index is 363. The molecule has 0 aliphatic rings. The monoisotopic (exact) mass is 334 g/mol. The maximum Gasteiger partial charge on any atom is 0.119 e. The smallest absolute Gasteiger partial charge is 0.119 e. The molecule has 1 aromatic rings. The summed E-state index contributed by atoms with van der Waals surface area (Å²) in [6, 6.07) is 10.0. The molecule has 0 saturated carbocycles. The molecule has 1 rings (SSSR count). The van der Waals surface area contributed by atoms with Crippen molar-refractivity contribution in [3.63, 3.8) is 0 Å². The summed E-state index contributed by atoms with van der Waals surface area (Å²) in [5.41, 5.74) is 0. The van der Waals surface area contributed by atoms with Gasteiger partial charge in [0.15, 0.2) is 0 Å². The van der Waals surface area contributed by atoms with Crippen LogP contribution in [0.1, 0.15) is 90.4 Å². The highest BCUT2D eigenvalue weighted by atomic mass is 16.5. The van der Waals surface area contributed by atoms with Crippen molar-refractivity contribution in [2.75, 3.05) is 6.61 Å². The second kappa shape index (κ2) is 15.5. The fourth-order valence-electron chi connectivity index (χ4n) is 3.02. The van der Waals surface area contributed by atoms with Crippen LogP contribution in [0.2, 0.25) is 0 Å². The van der Waals surface area contributed by atoms with Gasteiger partial charge in [-0.05, 0) is 31.4 Å². The topological polar surface area (TPSA) is 29.5 Å². The molecule has 1 unspecified atom stereocenters. The Morgan fingerprint density at radius 2 is 1.29 bits per heavy atom. The molecule has 2 nitrogen and oxygen atoms in total. The van der Waals surface area contributed by atoms with E-state index in [0.717, 1.165) is 38.0 Å². The van der Waals surface area contributed by atoms with E-state index in [1.165, 1.54) is 57.8 Å². The Balaban J connectivity index is 1.81. The zero-order valence-corrected chi connectivity index (χ0v) is 15.7. The molecule has 138 valence electrons. The summed E-state index contributed by atoms with van der Waals surface area (Å²) < 4.78 is 5.69. The fourth-order valence-corrected chi connectivity index (χ4v) is 3.02. The number of hydrogen-bond acceptors (Lipinski definition) is 2. The summed E-state index contributed by atoms with van der Waals surface area (Å²) in [5, 5.41) is 10.00. The minimum Gasteiger partial charge on any atom is -0.494 e. The van der Waals surface area contributed by atoms with E-state index < -0.39 is 0 Å². The van der Waals surface area contributed by atoms with Gasteiger partial charge in [0, 0.05) is 0 Å². The van der Waals surface area contributed by atoms with Crippen molar-refractivity contribution in [2.45, 2.75) is 96.5 Å². The number of para-hydroxylation sites is 1. The van der Waals surface area contributed by atoms with E-state index in [1.54, 1.807) is 0 Å². The van der Waals surface area contributed by atoms with E-state index in [1.807, 2.05) is 30.3 Å². The van der Waals surface area contributed by atoms with E-state index >= 15 is 0 Å². The molecule has 1 aromatic carbocycles. The summed E-state index contributed by atoms with van der Waals surface area (Å²) in [4.78, 5) is 0. The van der Waals surface area contributed by atoms with Crippen molar-refractivity contribution in [3.8, 4) is 5.75 Å². The van der Waals surface area contributed by atoms with Gasteiger partial charge in [0.05, 0.1) is 12.7 Å². The van der Waals surface area contributed by atoms with Gasteiger partial charge in [-0.1, -0.05) is 89.3 Å². The highest BCUT2D eigenvalue weighted by Gasteiger charge is 2.03. The van der Waals surface area contributed by atoms with Gasteiger partial charge in [-0.3, -0.25) is 0 Å². The Kier molecular flexibility index (Phi) is 13.6. The third kappa shape index (κ3) is 12.4. The lowest BCUT2D eigenvalue weighted by atomic mass is 10.0. The first-order chi connectivity index (χ1) is 11.8. The standard InChI is InChI=1S/C22H38O2/c1-2-3-4-5-7-11-16-21(23)17-12-8-6-9-15-20-24-22-18-13-10-14-19-22/h10,13-14,18-19,21,23H,2-9,11-12,15-17,20H2,1H3. The molecule has 0 bridgehead atoms. The average molecular weight is 335 g/mol. The maximum atomic E-state index is 10.00. The van der Waals surface area contributed by atoms with Gasteiger partial charge >= 0.3 is 0 Å². The summed E-state index contributed by atoms with van der Waals surface area (Å²) in [5.74, 6) is 0.968. The van der Waals surface area contributed by atoms with Gasteiger partial charge in [-0.15, -0.1) is 0 Å². The van der Waals surface area contributed by atoms with Crippen LogP contribution in [-0.2, 0) is 0 Å². The van der Waals surface area contributed by atoms with Crippen molar-refractivity contribution in [3.05, 3.63) is 30.3 Å². The van der Waals surface area contributed by atoms with Crippen molar-refractivity contribution >= 4 is 0 Å². The lowest BCUT2D eigenvalue weighted by Crippen LogP contribution is -2.06. The quantitative estimate of drug-likeness (QED) is 0.349. The van der Waals surface area contributed by atoms with Gasteiger partial charge < -0.3 is 9.84 Å². The van der Waals surface area contributed by atoms with Gasteiger partial charge in [0.25, 0.3) is 0 Å². The average Bonchev–Trinajstić information content (AvgIpc) is 2.61. The Morgan fingerprint density at radius 1 is 0.750 bits per heavy atom. The van der Waals surface area contributed by atoms with Gasteiger partial charge in [-0.2, -0.15) is 0 Å². The first kappa shape index (κ1) is 21.0. The molecule has 0 spiro atoms. The molecule has 1 N–H and O–H groups in total. The van der Waals surface area contributed by atoms with Crippen molar-refractivity contribution in [1.29, 1.82) is 0 Å². The van der Waals surface area contributed by atoms with Crippen molar-refractivity contribution in [1.82, 2.24) is 0 Å². The van der Waals surface area contributed by atoms with Gasteiger partial charge in [-0.25, -0.2) is 0 Å². The van der Waals surface area contributed by atoms with Crippen LogP contribution in [0.4, 0.5) is 0 Å². The van der Waals surface area contributed by atoms with E-state index in [0.29, 0.717) is 0 Å². The molecule has 0 fully saturated rings. The molecular formula is C22H38O2. The highest BCUT2D eigenvalue weighted by molar-refractivity contribution is 5.20. The zero-order valence-electron chi connectivity index (χ0n) is 15.7. The third-order valence-corrected chi connectivity index (χ3v) is 4.58. The van der Waals surface area contributed by atoms with E-state index in [4.69, 9.17) is 4.74 Å². The number of benzene rings is 1. The molecule has 24 heavy (non-hydrogen) atoms. The fraction of sp³-hybridized carbons (Fsp3) is 0.727. The molecule has 2 heteroatoms. The minimum absolute atomic E-state index is 0.0717.